The Kier molecular flexibility index (Phi) is 5.78. The van der Waals surface area contributed by atoms with Crippen LogP contribution in [-0.4, -0.2) is 41.0 Å². The van der Waals surface area contributed by atoms with Crippen LogP contribution in [0.4, 0.5) is 13.2 Å². The maximum atomic E-state index is 15.2. The Balaban J connectivity index is 1.32. The third-order valence-electron chi connectivity index (χ3n) is 7.17. The van der Waals surface area contributed by atoms with Crippen LogP contribution < -0.4 is 10.5 Å². The van der Waals surface area contributed by atoms with E-state index in [1.807, 2.05) is 0 Å². The first-order chi connectivity index (χ1) is 18.2. The van der Waals surface area contributed by atoms with Crippen molar-refractivity contribution in [3.05, 3.63) is 71.5 Å². The molecular formula is C25H22F3N7O2S. The fourth-order valence-electron chi connectivity index (χ4n) is 5.18. The van der Waals surface area contributed by atoms with Crippen LogP contribution in [0.2, 0.25) is 0 Å². The number of aromatic nitrogens is 5. The van der Waals surface area contributed by atoms with Crippen LogP contribution >= 0.6 is 11.8 Å². The van der Waals surface area contributed by atoms with Gasteiger partial charge in [-0.05, 0) is 38.0 Å². The van der Waals surface area contributed by atoms with Crippen molar-refractivity contribution in [2.24, 2.45) is 16.6 Å². The van der Waals surface area contributed by atoms with E-state index in [4.69, 9.17) is 14.9 Å². The lowest BCUT2D eigenvalue weighted by molar-refractivity contribution is 0.253. The molecule has 0 radical (unpaired) electrons. The van der Waals surface area contributed by atoms with Crippen molar-refractivity contribution in [2.45, 2.75) is 49.8 Å². The molecule has 3 aromatic heterocycles. The third kappa shape index (κ3) is 4.05. The topological polar surface area (TPSA) is 125 Å². The van der Waals surface area contributed by atoms with Gasteiger partial charge in [0.25, 0.3) is 0 Å². The van der Waals surface area contributed by atoms with E-state index in [2.05, 4.69) is 29.9 Å². The SMILES string of the molecule is CC(F)[C@]12C[C@H]1[C@@](C)(c1cc(Cc3ncnc4nc(OCc5ncco5)cnc34)cc(F)c1F)N=C(N)S2. The predicted molar refractivity (Wildman–Crippen MR) is 133 cm³/mol. The lowest BCUT2D eigenvalue weighted by atomic mass is 9.84. The lowest BCUT2D eigenvalue weighted by Gasteiger charge is -2.35. The molecule has 1 saturated carbocycles. The van der Waals surface area contributed by atoms with Gasteiger partial charge in [0.15, 0.2) is 29.1 Å². The van der Waals surface area contributed by atoms with Crippen molar-refractivity contribution in [1.82, 2.24) is 24.9 Å². The minimum absolute atomic E-state index is 0.0370. The zero-order valence-electron chi connectivity index (χ0n) is 20.4. The van der Waals surface area contributed by atoms with Gasteiger partial charge in [0, 0.05) is 17.9 Å². The highest BCUT2D eigenvalue weighted by Gasteiger charge is 2.69. The molecule has 196 valence electrons. The number of halogens is 3. The maximum absolute atomic E-state index is 15.2. The van der Waals surface area contributed by atoms with Gasteiger partial charge < -0.3 is 14.9 Å². The van der Waals surface area contributed by atoms with Crippen LogP contribution in [0.3, 0.4) is 0 Å². The Hall–Kier alpha value is -3.74. The van der Waals surface area contributed by atoms with Crippen molar-refractivity contribution in [1.29, 1.82) is 0 Å². The largest absolute Gasteiger partial charge is 0.467 e. The van der Waals surface area contributed by atoms with Crippen molar-refractivity contribution in [3.8, 4) is 5.88 Å². The number of hydrogen-bond donors (Lipinski definition) is 1. The summed E-state index contributed by atoms with van der Waals surface area (Å²) in [5.74, 6) is -1.78. The molecule has 4 heterocycles. The standard InChI is InChI=1S/C25H22F3N7O2S/c1-12(26)25-8-17(25)24(2,35-23(29)38-25)14-5-13(6-15(27)20(14)28)7-16-21-22(33-11-32-16)34-18(9-31-21)37-10-19-30-3-4-36-19/h3-6,9,11-12,17H,7-8,10H2,1-2H3,(H2,29,35)/t12?,17-,24+,25+/m0/s1. The second-order valence-electron chi connectivity index (χ2n) is 9.56. The molecule has 1 aliphatic heterocycles. The van der Waals surface area contributed by atoms with Crippen LogP contribution in [0.1, 0.15) is 43.0 Å². The number of oxazole rings is 1. The average Bonchev–Trinajstić information content (AvgIpc) is 3.42. The molecule has 0 spiro atoms. The van der Waals surface area contributed by atoms with E-state index >= 15 is 4.39 Å². The summed E-state index contributed by atoms with van der Waals surface area (Å²) in [7, 11) is 0. The maximum Gasteiger partial charge on any atom is 0.234 e. The van der Waals surface area contributed by atoms with E-state index < -0.39 is 28.1 Å². The highest BCUT2D eigenvalue weighted by Crippen LogP contribution is 2.67. The number of amidine groups is 1. The zero-order chi connectivity index (χ0) is 26.7. The summed E-state index contributed by atoms with van der Waals surface area (Å²) in [6, 6.07) is 2.66. The summed E-state index contributed by atoms with van der Waals surface area (Å²) in [6.45, 7) is 3.21. The van der Waals surface area contributed by atoms with Crippen LogP contribution in [-0.2, 0) is 18.6 Å². The molecule has 0 amide bonds. The quantitative estimate of drug-likeness (QED) is 0.365. The molecule has 4 atom stereocenters. The minimum Gasteiger partial charge on any atom is -0.467 e. The zero-order valence-corrected chi connectivity index (χ0v) is 21.2. The number of thioether (sulfide) groups is 1. The molecular weight excluding hydrogens is 519 g/mol. The van der Waals surface area contributed by atoms with Crippen molar-refractivity contribution in [2.75, 3.05) is 0 Å². The lowest BCUT2D eigenvalue weighted by Crippen LogP contribution is -2.39. The molecule has 0 saturated heterocycles. The predicted octanol–water partition coefficient (Wildman–Crippen LogP) is 4.25. The summed E-state index contributed by atoms with van der Waals surface area (Å²) in [5, 5.41) is 0.161. The van der Waals surface area contributed by atoms with E-state index in [-0.39, 0.29) is 41.2 Å². The number of benzene rings is 1. The fourth-order valence-corrected chi connectivity index (χ4v) is 6.59. The molecule has 2 aliphatic rings. The fraction of sp³-hybridized carbons (Fsp3) is 0.360. The Bertz CT molecular complexity index is 1570. The first-order valence-electron chi connectivity index (χ1n) is 11.8. The Morgan fingerprint density at radius 1 is 1.24 bits per heavy atom. The number of fused-ring (bicyclic) bond motifs is 2. The number of ether oxygens (including phenoxy) is 1. The number of aliphatic imine (C=N–C) groups is 1. The van der Waals surface area contributed by atoms with Crippen molar-refractivity contribution >= 4 is 28.1 Å². The van der Waals surface area contributed by atoms with Crippen LogP contribution in [0.25, 0.3) is 11.2 Å². The smallest absolute Gasteiger partial charge is 0.234 e. The number of rotatable bonds is 7. The normalized spacial score (nSPS) is 25.1. The van der Waals surface area contributed by atoms with Crippen LogP contribution in [0, 0.1) is 17.6 Å². The number of alkyl halides is 1. The second-order valence-corrected chi connectivity index (χ2v) is 10.9. The van der Waals surface area contributed by atoms with E-state index in [9.17, 15) is 8.78 Å². The Morgan fingerprint density at radius 3 is 2.84 bits per heavy atom. The van der Waals surface area contributed by atoms with Gasteiger partial charge in [-0.25, -0.2) is 33.1 Å². The monoisotopic (exact) mass is 541 g/mol. The van der Waals surface area contributed by atoms with Crippen molar-refractivity contribution < 1.29 is 22.3 Å². The molecule has 1 fully saturated rings. The van der Waals surface area contributed by atoms with E-state index in [0.717, 1.165) is 6.07 Å². The molecule has 13 heteroatoms. The van der Waals surface area contributed by atoms with Gasteiger partial charge in [-0.3, -0.25) is 4.99 Å². The van der Waals surface area contributed by atoms with Gasteiger partial charge in [-0.1, -0.05) is 11.8 Å². The van der Waals surface area contributed by atoms with Crippen molar-refractivity contribution in [3.63, 3.8) is 0 Å². The summed E-state index contributed by atoms with van der Waals surface area (Å²) in [4.78, 5) is 25.7. The molecule has 1 aliphatic carbocycles. The second kappa shape index (κ2) is 8.93. The summed E-state index contributed by atoms with van der Waals surface area (Å²) in [5.41, 5.74) is 6.43. The third-order valence-corrected chi connectivity index (χ3v) is 8.63. The highest BCUT2D eigenvalue weighted by molar-refractivity contribution is 8.15. The summed E-state index contributed by atoms with van der Waals surface area (Å²) < 4.78 is 54.6. The molecule has 1 unspecified atom stereocenters. The first kappa shape index (κ1) is 24.6. The molecule has 9 nitrogen and oxygen atoms in total. The first-order valence-corrected chi connectivity index (χ1v) is 12.7. The average molecular weight is 542 g/mol. The van der Waals surface area contributed by atoms with E-state index in [0.29, 0.717) is 29.1 Å². The molecule has 6 rings (SSSR count). The molecule has 0 bridgehead atoms. The molecule has 4 aromatic rings. The molecule has 1 aromatic carbocycles. The Labute approximate surface area is 219 Å². The minimum atomic E-state index is -1.21. The van der Waals surface area contributed by atoms with Gasteiger partial charge in [0.2, 0.25) is 11.8 Å². The Morgan fingerprint density at radius 2 is 2.08 bits per heavy atom. The number of nitrogens with two attached hydrogens (primary N) is 1. The van der Waals surface area contributed by atoms with Gasteiger partial charge in [-0.2, -0.15) is 4.98 Å². The van der Waals surface area contributed by atoms with Crippen LogP contribution in [0.15, 0.2) is 46.5 Å². The summed E-state index contributed by atoms with van der Waals surface area (Å²) in [6.07, 6.45) is 5.07. The summed E-state index contributed by atoms with van der Waals surface area (Å²) >= 11 is 1.18. The highest BCUT2D eigenvalue weighted by atomic mass is 32.2. The van der Waals surface area contributed by atoms with Gasteiger partial charge in [0.1, 0.15) is 24.3 Å². The van der Waals surface area contributed by atoms with E-state index in [1.165, 1.54) is 43.7 Å². The van der Waals surface area contributed by atoms with Crippen LogP contribution in [0.5, 0.6) is 5.88 Å². The number of nitrogens with zero attached hydrogens (tertiary/aromatic N) is 6. The molecule has 2 N–H and O–H groups in total. The molecule has 38 heavy (non-hydrogen) atoms. The van der Waals surface area contributed by atoms with Gasteiger partial charge >= 0.3 is 0 Å². The van der Waals surface area contributed by atoms with Gasteiger partial charge in [-0.15, -0.1) is 0 Å². The van der Waals surface area contributed by atoms with Gasteiger partial charge in [0.05, 0.1) is 28.4 Å². The van der Waals surface area contributed by atoms with E-state index in [1.54, 1.807) is 13.0 Å². The number of hydrogen-bond acceptors (Lipinski definition) is 10.